The van der Waals surface area contributed by atoms with Gasteiger partial charge in [0.1, 0.15) is 12.2 Å². The first-order chi connectivity index (χ1) is 17.7. The number of amides is 4. The van der Waals surface area contributed by atoms with Crippen LogP contribution in [0.4, 0.5) is 16.2 Å². The summed E-state index contributed by atoms with van der Waals surface area (Å²) < 4.78 is 11.9. The lowest BCUT2D eigenvalue weighted by Crippen LogP contribution is -2.54. The van der Waals surface area contributed by atoms with Crippen molar-refractivity contribution in [3.8, 4) is 11.5 Å². The molecule has 37 heavy (non-hydrogen) atoms. The molecule has 0 unspecified atom stereocenters. The Kier molecular flexibility index (Phi) is 7.55. The van der Waals surface area contributed by atoms with Crippen molar-refractivity contribution in [2.24, 2.45) is 0 Å². The molecule has 4 rings (SSSR count). The number of urea groups is 1. The van der Waals surface area contributed by atoms with Crippen LogP contribution in [0.2, 0.25) is 5.02 Å². The predicted octanol–water partition coefficient (Wildman–Crippen LogP) is 5.26. The van der Waals surface area contributed by atoms with Crippen LogP contribution in [-0.2, 0) is 16.2 Å². The number of anilines is 1. The highest BCUT2D eigenvalue weighted by Gasteiger charge is 2.36. The maximum Gasteiger partial charge on any atom is 0.335 e. The van der Waals surface area contributed by atoms with Crippen molar-refractivity contribution in [3.63, 3.8) is 0 Å². The fourth-order valence-electron chi connectivity index (χ4n) is 3.53. The largest absolute Gasteiger partial charge is 0.493 e. The smallest absolute Gasteiger partial charge is 0.335 e. The molecule has 1 fully saturated rings. The summed E-state index contributed by atoms with van der Waals surface area (Å²) >= 11 is 9.71. The molecule has 0 bridgehead atoms. The maximum absolute atomic E-state index is 13.1. The number of methoxy groups -OCH3 is 1. The molecule has 1 saturated heterocycles. The third kappa shape index (κ3) is 5.63. The molecule has 1 aliphatic heterocycles. The number of imide groups is 2. The zero-order valence-electron chi connectivity index (χ0n) is 19.1. The van der Waals surface area contributed by atoms with E-state index in [1.807, 2.05) is 0 Å². The van der Waals surface area contributed by atoms with Crippen molar-refractivity contribution >= 4 is 62.8 Å². The molecule has 0 aromatic heterocycles. The summed E-state index contributed by atoms with van der Waals surface area (Å²) in [6.45, 7) is -0.0245. The first-order valence-electron chi connectivity index (χ1n) is 10.6. The number of non-ortho nitro benzene ring substituents is 1. The summed E-state index contributed by atoms with van der Waals surface area (Å²) in [7, 11) is 1.38. The Balaban J connectivity index is 1.62. The van der Waals surface area contributed by atoms with E-state index < -0.39 is 22.8 Å². The lowest BCUT2D eigenvalue weighted by atomic mass is 10.1. The van der Waals surface area contributed by atoms with Gasteiger partial charge in [-0.1, -0.05) is 39.7 Å². The van der Waals surface area contributed by atoms with Crippen molar-refractivity contribution in [3.05, 3.63) is 97.0 Å². The Morgan fingerprint density at radius 3 is 2.51 bits per heavy atom. The molecule has 1 N–H and O–H groups in total. The molecule has 0 spiro atoms. The topological polar surface area (TPSA) is 128 Å². The summed E-state index contributed by atoms with van der Waals surface area (Å²) in [4.78, 5) is 49.3. The van der Waals surface area contributed by atoms with Crippen LogP contribution in [0.15, 0.2) is 70.7 Å². The van der Waals surface area contributed by atoms with E-state index in [9.17, 15) is 24.5 Å². The summed E-state index contributed by atoms with van der Waals surface area (Å²) in [5.74, 6) is -1.29. The highest BCUT2D eigenvalue weighted by molar-refractivity contribution is 9.10. The third-order valence-electron chi connectivity index (χ3n) is 5.25. The molecule has 4 amide bonds. The van der Waals surface area contributed by atoms with Gasteiger partial charge >= 0.3 is 6.03 Å². The summed E-state index contributed by atoms with van der Waals surface area (Å²) in [6, 6.07) is 14.5. The SMILES string of the molecule is COc1cc(/C=C2\C(=O)NC(=O)N(c3ccc(Br)cc3)C2=O)cc(Cl)c1OCc1cccc([N+](=O)[O-])c1. The van der Waals surface area contributed by atoms with Crippen molar-refractivity contribution in [1.29, 1.82) is 0 Å². The average molecular weight is 587 g/mol. The van der Waals surface area contributed by atoms with E-state index in [-0.39, 0.29) is 40.1 Å². The number of hydrogen-bond donors (Lipinski definition) is 1. The molecular weight excluding hydrogens is 570 g/mol. The van der Waals surface area contributed by atoms with Gasteiger partial charge in [-0.25, -0.2) is 9.69 Å². The quantitative estimate of drug-likeness (QED) is 0.173. The molecule has 12 heteroatoms. The number of halogens is 2. The lowest BCUT2D eigenvalue weighted by Gasteiger charge is -2.26. The molecular formula is C25H17BrClN3O7. The Labute approximate surface area is 223 Å². The van der Waals surface area contributed by atoms with E-state index in [2.05, 4.69) is 21.2 Å². The zero-order valence-corrected chi connectivity index (χ0v) is 21.4. The van der Waals surface area contributed by atoms with Crippen LogP contribution in [0.3, 0.4) is 0 Å². The molecule has 0 aliphatic carbocycles. The number of carbonyl (C=O) groups is 3. The van der Waals surface area contributed by atoms with Gasteiger partial charge in [-0.3, -0.25) is 25.0 Å². The lowest BCUT2D eigenvalue weighted by molar-refractivity contribution is -0.384. The Morgan fingerprint density at radius 1 is 1.11 bits per heavy atom. The van der Waals surface area contributed by atoms with E-state index >= 15 is 0 Å². The molecule has 1 heterocycles. The van der Waals surface area contributed by atoms with Crippen molar-refractivity contribution in [2.45, 2.75) is 6.61 Å². The van der Waals surface area contributed by atoms with Gasteiger partial charge < -0.3 is 9.47 Å². The number of nitrogens with one attached hydrogen (secondary N) is 1. The van der Waals surface area contributed by atoms with Crippen molar-refractivity contribution in [2.75, 3.05) is 12.0 Å². The van der Waals surface area contributed by atoms with Crippen LogP contribution in [-0.4, -0.2) is 29.9 Å². The van der Waals surface area contributed by atoms with Gasteiger partial charge in [-0.05, 0) is 53.6 Å². The standard InChI is InChI=1S/C25H17BrClN3O7/c1-36-21-12-15(11-20(27)22(21)37-13-14-3-2-4-18(9-14)30(34)35)10-19-23(31)28-25(33)29(24(19)32)17-7-5-16(26)6-8-17/h2-12H,13H2,1H3,(H,28,31,33)/b19-10+. The Hall–Kier alpha value is -4.22. The number of nitro groups is 1. The van der Waals surface area contributed by atoms with Crippen LogP contribution in [0.1, 0.15) is 11.1 Å². The monoisotopic (exact) mass is 585 g/mol. The normalized spacial score (nSPS) is 14.5. The molecule has 0 atom stereocenters. The first-order valence-corrected chi connectivity index (χ1v) is 11.8. The number of barbiturate groups is 1. The number of nitro benzene ring substituents is 1. The molecule has 3 aromatic rings. The number of ether oxygens (including phenoxy) is 2. The third-order valence-corrected chi connectivity index (χ3v) is 6.06. The van der Waals surface area contributed by atoms with Crippen LogP contribution < -0.4 is 19.7 Å². The van der Waals surface area contributed by atoms with Crippen molar-refractivity contribution < 1.29 is 28.8 Å². The van der Waals surface area contributed by atoms with E-state index in [4.69, 9.17) is 21.1 Å². The van der Waals surface area contributed by atoms with E-state index in [0.717, 1.165) is 9.37 Å². The number of nitrogens with zero attached hydrogens (tertiary/aromatic N) is 2. The van der Waals surface area contributed by atoms with Gasteiger partial charge in [0.05, 0.1) is 22.7 Å². The van der Waals surface area contributed by atoms with Gasteiger partial charge in [0.15, 0.2) is 11.5 Å². The summed E-state index contributed by atoms with van der Waals surface area (Å²) in [6.07, 6.45) is 1.29. The minimum atomic E-state index is -0.866. The summed E-state index contributed by atoms with van der Waals surface area (Å²) in [5.41, 5.74) is 0.802. The van der Waals surface area contributed by atoms with Gasteiger partial charge in [0, 0.05) is 16.6 Å². The number of rotatable bonds is 7. The van der Waals surface area contributed by atoms with E-state index in [1.165, 1.54) is 37.5 Å². The van der Waals surface area contributed by atoms with E-state index in [0.29, 0.717) is 11.1 Å². The molecule has 3 aromatic carbocycles. The fraction of sp³-hybridized carbons (Fsp3) is 0.0800. The predicted molar refractivity (Wildman–Crippen MR) is 139 cm³/mol. The molecule has 10 nitrogen and oxygen atoms in total. The average Bonchev–Trinajstić information content (AvgIpc) is 2.86. The van der Waals surface area contributed by atoms with Gasteiger partial charge in [0.2, 0.25) is 0 Å². The highest BCUT2D eigenvalue weighted by Crippen LogP contribution is 2.38. The van der Waals surface area contributed by atoms with Crippen LogP contribution >= 0.6 is 27.5 Å². The van der Waals surface area contributed by atoms with Gasteiger partial charge in [0.25, 0.3) is 17.5 Å². The fourth-order valence-corrected chi connectivity index (χ4v) is 4.07. The number of benzene rings is 3. The second-order valence-corrected chi connectivity index (χ2v) is 9.01. The van der Waals surface area contributed by atoms with Crippen LogP contribution in [0.25, 0.3) is 6.08 Å². The molecule has 1 aliphatic rings. The van der Waals surface area contributed by atoms with Crippen molar-refractivity contribution in [1.82, 2.24) is 5.32 Å². The highest BCUT2D eigenvalue weighted by atomic mass is 79.9. The maximum atomic E-state index is 13.1. The first kappa shape index (κ1) is 25.9. The zero-order chi connectivity index (χ0) is 26.7. The van der Waals surface area contributed by atoms with E-state index in [1.54, 1.807) is 36.4 Å². The second kappa shape index (κ2) is 10.8. The number of hydrogen-bond acceptors (Lipinski definition) is 7. The van der Waals surface area contributed by atoms with Gasteiger partial charge in [-0.2, -0.15) is 0 Å². The van der Waals surface area contributed by atoms with Crippen LogP contribution in [0.5, 0.6) is 11.5 Å². The second-order valence-electron chi connectivity index (χ2n) is 7.68. The Morgan fingerprint density at radius 2 is 1.84 bits per heavy atom. The minimum absolute atomic E-state index is 0.0245. The molecule has 188 valence electrons. The van der Waals surface area contributed by atoms with Gasteiger partial charge in [-0.15, -0.1) is 0 Å². The molecule has 0 radical (unpaired) electrons. The van der Waals surface area contributed by atoms with Crippen LogP contribution in [0, 0.1) is 10.1 Å². The minimum Gasteiger partial charge on any atom is -0.493 e. The summed E-state index contributed by atoms with van der Waals surface area (Å²) in [5, 5.41) is 13.3. The number of carbonyl (C=O) groups excluding carboxylic acids is 3. The Bertz CT molecular complexity index is 1460. The molecule has 0 saturated carbocycles.